The minimum Gasteiger partial charge on any atom is -0.458 e. The summed E-state index contributed by atoms with van der Waals surface area (Å²) in [6.07, 6.45) is 0.128. The van der Waals surface area contributed by atoms with Gasteiger partial charge in [0.25, 0.3) is 5.56 Å². The number of halogens is 1. The molecular weight excluding hydrogens is 412 g/mol. The number of rotatable bonds is 1. The van der Waals surface area contributed by atoms with Gasteiger partial charge in [-0.1, -0.05) is 25.1 Å². The van der Waals surface area contributed by atoms with Gasteiger partial charge in [-0.05, 0) is 34.5 Å². The second-order valence-corrected chi connectivity index (χ2v) is 7.67. The zero-order valence-electron chi connectivity index (χ0n) is 14.5. The molecule has 0 bridgehead atoms. The second kappa shape index (κ2) is 5.50. The van der Waals surface area contributed by atoms with E-state index < -0.39 is 11.6 Å². The summed E-state index contributed by atoms with van der Waals surface area (Å²) >= 11 is 3.66. The fourth-order valence-electron chi connectivity index (χ4n) is 3.98. The van der Waals surface area contributed by atoms with Crippen LogP contribution in [0.1, 0.15) is 30.0 Å². The van der Waals surface area contributed by atoms with Gasteiger partial charge in [-0.15, -0.1) is 0 Å². The molecule has 1 aromatic carbocycles. The average Bonchev–Trinajstić information content (AvgIpc) is 3.05. The molecule has 0 saturated carbocycles. The fourth-order valence-corrected chi connectivity index (χ4v) is 4.63. The number of fused-ring (bicyclic) bond motifs is 5. The molecule has 0 fully saturated rings. The van der Waals surface area contributed by atoms with Gasteiger partial charge in [0.1, 0.15) is 6.61 Å². The van der Waals surface area contributed by atoms with Crippen molar-refractivity contribution in [3.63, 3.8) is 0 Å². The first kappa shape index (κ1) is 16.6. The smallest absolute Gasteiger partial charge is 0.343 e. The van der Waals surface area contributed by atoms with Crippen molar-refractivity contribution in [2.45, 2.75) is 32.1 Å². The van der Waals surface area contributed by atoms with Crippen LogP contribution in [0.2, 0.25) is 0 Å². The van der Waals surface area contributed by atoms with E-state index in [1.165, 1.54) is 0 Å². The number of pyridine rings is 2. The predicted molar refractivity (Wildman–Crippen MR) is 102 cm³/mol. The molecule has 2 aliphatic rings. The molecule has 136 valence electrons. The topological polar surface area (TPSA) is 81.4 Å². The third-order valence-corrected chi connectivity index (χ3v) is 6.43. The molecule has 1 atom stereocenters. The van der Waals surface area contributed by atoms with Crippen LogP contribution in [0.25, 0.3) is 22.3 Å². The van der Waals surface area contributed by atoms with Crippen LogP contribution in [0.4, 0.5) is 0 Å². The number of benzene rings is 1. The van der Waals surface area contributed by atoms with Crippen molar-refractivity contribution in [1.29, 1.82) is 0 Å². The Balaban J connectivity index is 1.84. The molecule has 5 rings (SSSR count). The Kier molecular flexibility index (Phi) is 3.39. The summed E-state index contributed by atoms with van der Waals surface area (Å²) < 4.78 is 7.63. The van der Waals surface area contributed by atoms with E-state index >= 15 is 0 Å². The van der Waals surface area contributed by atoms with E-state index in [2.05, 4.69) is 15.9 Å². The van der Waals surface area contributed by atoms with Crippen LogP contribution in [0, 0.1) is 0 Å². The number of aromatic nitrogens is 2. The number of nitrogens with zero attached hydrogens (tertiary/aromatic N) is 2. The Morgan fingerprint density at radius 1 is 1.30 bits per heavy atom. The van der Waals surface area contributed by atoms with E-state index in [0.717, 1.165) is 20.9 Å². The molecule has 6 nitrogen and oxygen atoms in total. The minimum absolute atomic E-state index is 0.123. The van der Waals surface area contributed by atoms with Crippen LogP contribution in [0.15, 0.2) is 39.6 Å². The molecule has 0 amide bonds. The first-order valence-electron chi connectivity index (χ1n) is 8.70. The van der Waals surface area contributed by atoms with Crippen molar-refractivity contribution >= 4 is 32.8 Å². The van der Waals surface area contributed by atoms with Crippen LogP contribution in [-0.4, -0.2) is 20.6 Å². The van der Waals surface area contributed by atoms with Gasteiger partial charge in [0.05, 0.1) is 29.0 Å². The Morgan fingerprint density at radius 3 is 2.85 bits per heavy atom. The molecule has 2 aliphatic heterocycles. The molecule has 4 heterocycles. The molecule has 1 N–H and O–H groups in total. The number of aliphatic hydroxyl groups is 1. The first-order chi connectivity index (χ1) is 13.0. The van der Waals surface area contributed by atoms with Crippen molar-refractivity contribution in [1.82, 2.24) is 9.55 Å². The van der Waals surface area contributed by atoms with E-state index in [1.54, 1.807) is 17.6 Å². The molecule has 27 heavy (non-hydrogen) atoms. The summed E-state index contributed by atoms with van der Waals surface area (Å²) in [4.78, 5) is 30.1. The van der Waals surface area contributed by atoms with Gasteiger partial charge in [0.15, 0.2) is 5.60 Å². The Bertz CT molecular complexity index is 1220. The second-order valence-electron chi connectivity index (χ2n) is 6.87. The molecule has 7 heteroatoms. The summed E-state index contributed by atoms with van der Waals surface area (Å²) in [5, 5.41) is 11.9. The molecule has 2 aromatic heterocycles. The van der Waals surface area contributed by atoms with Crippen LogP contribution >= 0.6 is 15.9 Å². The lowest BCUT2D eigenvalue weighted by atomic mass is 9.86. The predicted octanol–water partition coefficient (Wildman–Crippen LogP) is 2.84. The molecule has 3 aromatic rings. The first-order valence-corrected chi connectivity index (χ1v) is 9.49. The fraction of sp³-hybridized carbons (Fsp3) is 0.250. The highest BCUT2D eigenvalue weighted by atomic mass is 79.9. The number of ether oxygens (including phenoxy) is 1. The Labute approximate surface area is 162 Å². The highest BCUT2D eigenvalue weighted by molar-refractivity contribution is 9.10. The maximum Gasteiger partial charge on any atom is 0.343 e. The van der Waals surface area contributed by atoms with Gasteiger partial charge in [-0.25, -0.2) is 9.78 Å². The van der Waals surface area contributed by atoms with Crippen LogP contribution in [0.5, 0.6) is 0 Å². The summed E-state index contributed by atoms with van der Waals surface area (Å²) in [6, 6.07) is 9.47. The zero-order valence-corrected chi connectivity index (χ0v) is 16.0. The number of carbonyl (C=O) groups excluding carboxylic acids is 1. The zero-order chi connectivity index (χ0) is 18.9. The lowest BCUT2D eigenvalue weighted by Crippen LogP contribution is -2.44. The van der Waals surface area contributed by atoms with Gasteiger partial charge in [-0.3, -0.25) is 4.79 Å². The maximum absolute atomic E-state index is 13.1. The SMILES string of the molecule is CC[C@@]1(O)C(=O)OCc2c1cc1n(c2=O)Cc2c-1nc1ccccc1c2Br. The van der Waals surface area contributed by atoms with Crippen LogP contribution < -0.4 is 5.56 Å². The molecule has 0 unspecified atom stereocenters. The standard InChI is InChI=1S/C20H15BrN2O4/c1-2-20(26)13-7-15-17-11(16(21)10-5-3-4-6-14(10)22-17)8-23(15)18(24)12(13)9-27-19(20)25/h3-7,26H,2,8-9H2,1H3/t20-/m0/s1. The van der Waals surface area contributed by atoms with Gasteiger partial charge in [-0.2, -0.15) is 0 Å². The molecular formula is C20H15BrN2O4. The van der Waals surface area contributed by atoms with E-state index in [1.807, 2.05) is 24.3 Å². The third-order valence-electron chi connectivity index (χ3n) is 5.53. The normalized spacial score (nSPS) is 20.2. The number of hydrogen-bond acceptors (Lipinski definition) is 5. The number of hydrogen-bond donors (Lipinski definition) is 1. The van der Waals surface area contributed by atoms with Crippen molar-refractivity contribution in [2.75, 3.05) is 0 Å². The monoisotopic (exact) mass is 426 g/mol. The van der Waals surface area contributed by atoms with Gasteiger partial charge >= 0.3 is 5.97 Å². The quantitative estimate of drug-likeness (QED) is 0.473. The average molecular weight is 427 g/mol. The Hall–Kier alpha value is -2.51. The van der Waals surface area contributed by atoms with Crippen molar-refractivity contribution in [3.8, 4) is 11.4 Å². The van der Waals surface area contributed by atoms with Gasteiger partial charge < -0.3 is 14.4 Å². The molecule has 0 spiro atoms. The maximum atomic E-state index is 13.1. The largest absolute Gasteiger partial charge is 0.458 e. The molecule has 0 aliphatic carbocycles. The number of carbonyl (C=O) groups is 1. The highest BCUT2D eigenvalue weighted by Crippen LogP contribution is 2.41. The van der Waals surface area contributed by atoms with Crippen molar-refractivity contribution in [2.24, 2.45) is 0 Å². The lowest BCUT2D eigenvalue weighted by Gasteiger charge is -2.31. The van der Waals surface area contributed by atoms with Crippen LogP contribution in [-0.2, 0) is 28.3 Å². The molecule has 0 radical (unpaired) electrons. The number of esters is 1. The number of cyclic esters (lactones) is 1. The van der Waals surface area contributed by atoms with Crippen molar-refractivity contribution < 1.29 is 14.6 Å². The summed E-state index contributed by atoms with van der Waals surface area (Å²) in [6.45, 7) is 1.95. The lowest BCUT2D eigenvalue weighted by molar-refractivity contribution is -0.172. The minimum atomic E-state index is -1.81. The van der Waals surface area contributed by atoms with Crippen molar-refractivity contribution in [3.05, 3.63) is 61.8 Å². The van der Waals surface area contributed by atoms with Gasteiger partial charge in [0, 0.05) is 21.0 Å². The summed E-state index contributed by atoms with van der Waals surface area (Å²) in [5.74, 6) is -0.715. The van der Waals surface area contributed by atoms with Gasteiger partial charge in [0.2, 0.25) is 0 Å². The summed E-state index contributed by atoms with van der Waals surface area (Å²) in [7, 11) is 0. The molecule has 0 saturated heterocycles. The van der Waals surface area contributed by atoms with Crippen LogP contribution in [0.3, 0.4) is 0 Å². The van der Waals surface area contributed by atoms with E-state index in [0.29, 0.717) is 29.1 Å². The third kappa shape index (κ3) is 2.06. The number of para-hydroxylation sites is 1. The summed E-state index contributed by atoms with van der Waals surface area (Å²) in [5.41, 5.74) is 1.63. The highest BCUT2D eigenvalue weighted by Gasteiger charge is 2.45. The van der Waals surface area contributed by atoms with E-state index in [4.69, 9.17) is 9.72 Å². The van der Waals surface area contributed by atoms with E-state index in [9.17, 15) is 14.7 Å². The van der Waals surface area contributed by atoms with E-state index in [-0.39, 0.29) is 18.6 Å². The Morgan fingerprint density at radius 2 is 2.07 bits per heavy atom.